The van der Waals surface area contributed by atoms with Crippen molar-refractivity contribution in [3.05, 3.63) is 60.2 Å². The van der Waals surface area contributed by atoms with Crippen molar-refractivity contribution in [3.63, 3.8) is 0 Å². The largest absolute Gasteiger partial charge is 0.465 e. The van der Waals surface area contributed by atoms with Gasteiger partial charge in [-0.15, -0.1) is 0 Å². The van der Waals surface area contributed by atoms with Gasteiger partial charge in [-0.1, -0.05) is 54.6 Å². The lowest BCUT2D eigenvalue weighted by Crippen LogP contribution is -2.50. The summed E-state index contributed by atoms with van der Waals surface area (Å²) in [7, 11) is 0. The fourth-order valence-corrected chi connectivity index (χ4v) is 5.16. The average molecular weight is 304 g/mol. The summed E-state index contributed by atoms with van der Waals surface area (Å²) in [5.41, 5.74) is 0.939. The SMILES string of the molecule is O=C1OCC2C3C=CC(CC3)C12Cc1ccc2ccccc2c1. The first-order valence-electron chi connectivity index (χ1n) is 8.60. The molecular formula is C21H20O2. The molecule has 1 aliphatic heterocycles. The Balaban J connectivity index is 1.59. The fourth-order valence-electron chi connectivity index (χ4n) is 5.16. The molecule has 2 bridgehead atoms. The zero-order valence-corrected chi connectivity index (χ0v) is 13.1. The van der Waals surface area contributed by atoms with E-state index in [2.05, 4.69) is 54.6 Å². The average Bonchev–Trinajstić information content (AvgIpc) is 2.95. The summed E-state index contributed by atoms with van der Waals surface area (Å²) < 4.78 is 5.56. The zero-order valence-electron chi connectivity index (χ0n) is 13.1. The molecule has 4 unspecified atom stereocenters. The maximum atomic E-state index is 12.7. The smallest absolute Gasteiger partial charge is 0.313 e. The highest BCUT2D eigenvalue weighted by atomic mass is 16.5. The first kappa shape index (κ1) is 13.4. The maximum Gasteiger partial charge on any atom is 0.313 e. The van der Waals surface area contributed by atoms with Crippen molar-refractivity contribution in [2.75, 3.05) is 6.61 Å². The summed E-state index contributed by atoms with van der Waals surface area (Å²) in [5, 5.41) is 2.50. The lowest BCUT2D eigenvalue weighted by Gasteiger charge is -2.48. The van der Waals surface area contributed by atoms with Gasteiger partial charge in [0.15, 0.2) is 0 Å². The molecule has 0 N–H and O–H groups in total. The van der Waals surface area contributed by atoms with Gasteiger partial charge in [-0.2, -0.15) is 0 Å². The topological polar surface area (TPSA) is 26.3 Å². The molecule has 1 heterocycles. The van der Waals surface area contributed by atoms with Crippen LogP contribution in [0.4, 0.5) is 0 Å². The number of cyclic esters (lactones) is 1. The summed E-state index contributed by atoms with van der Waals surface area (Å²) in [4.78, 5) is 12.7. The van der Waals surface area contributed by atoms with Gasteiger partial charge in [0, 0.05) is 5.92 Å². The third-order valence-corrected chi connectivity index (χ3v) is 6.33. The minimum absolute atomic E-state index is 0.0368. The molecule has 2 aromatic carbocycles. The number of rotatable bonds is 2. The quantitative estimate of drug-likeness (QED) is 0.616. The molecule has 4 aliphatic rings. The predicted molar refractivity (Wildman–Crippen MR) is 89.9 cm³/mol. The van der Waals surface area contributed by atoms with E-state index < -0.39 is 0 Å². The highest BCUT2D eigenvalue weighted by molar-refractivity contribution is 5.84. The molecule has 6 rings (SSSR count). The number of hydrogen-bond donors (Lipinski definition) is 0. The Morgan fingerprint density at radius 3 is 2.74 bits per heavy atom. The van der Waals surface area contributed by atoms with E-state index in [0.29, 0.717) is 24.4 Å². The number of carbonyl (C=O) groups excluding carboxylic acids is 1. The Morgan fingerprint density at radius 1 is 1.04 bits per heavy atom. The molecule has 23 heavy (non-hydrogen) atoms. The molecule has 116 valence electrons. The van der Waals surface area contributed by atoms with Gasteiger partial charge in [0.25, 0.3) is 0 Å². The van der Waals surface area contributed by atoms with E-state index in [-0.39, 0.29) is 11.4 Å². The van der Waals surface area contributed by atoms with Gasteiger partial charge in [-0.05, 0) is 47.4 Å². The summed E-state index contributed by atoms with van der Waals surface area (Å²) >= 11 is 0. The molecule has 0 amide bonds. The van der Waals surface area contributed by atoms with Crippen LogP contribution in [0.1, 0.15) is 18.4 Å². The monoisotopic (exact) mass is 304 g/mol. The van der Waals surface area contributed by atoms with Gasteiger partial charge >= 0.3 is 5.97 Å². The lowest BCUT2D eigenvalue weighted by atomic mass is 9.52. The number of carbonyl (C=O) groups is 1. The standard InChI is InChI=1S/C21H20O2/c22-20-21(18-9-7-16(8-10-18)19(21)13-23-20)12-14-5-6-15-3-1-2-4-17(15)11-14/h1-7,9,11,16,18-19H,8,10,12-13H2. The van der Waals surface area contributed by atoms with Crippen LogP contribution in [-0.2, 0) is 16.0 Å². The van der Waals surface area contributed by atoms with Crippen LogP contribution >= 0.6 is 0 Å². The molecular weight excluding hydrogens is 284 g/mol. The Morgan fingerprint density at radius 2 is 1.91 bits per heavy atom. The molecule has 1 saturated heterocycles. The highest BCUT2D eigenvalue weighted by Crippen LogP contribution is 2.58. The Bertz CT molecular complexity index is 821. The van der Waals surface area contributed by atoms with Crippen LogP contribution in [0.2, 0.25) is 0 Å². The van der Waals surface area contributed by atoms with Gasteiger partial charge in [0.2, 0.25) is 0 Å². The first-order chi connectivity index (χ1) is 11.3. The molecule has 2 fully saturated rings. The van der Waals surface area contributed by atoms with Gasteiger partial charge in [-0.3, -0.25) is 4.79 Å². The predicted octanol–water partition coefficient (Wildman–Crippen LogP) is 4.14. The Hall–Kier alpha value is -2.09. The number of fused-ring (bicyclic) bond motifs is 2. The van der Waals surface area contributed by atoms with Crippen molar-refractivity contribution in [2.24, 2.45) is 23.2 Å². The zero-order chi connectivity index (χ0) is 15.4. The summed E-state index contributed by atoms with van der Waals surface area (Å²) in [6.45, 7) is 0.609. The van der Waals surface area contributed by atoms with Crippen molar-refractivity contribution in [1.82, 2.24) is 0 Å². The molecule has 4 atom stereocenters. The second-order valence-corrected chi connectivity index (χ2v) is 7.34. The van der Waals surface area contributed by atoms with E-state index in [1.165, 1.54) is 22.8 Å². The van der Waals surface area contributed by atoms with E-state index in [0.717, 1.165) is 12.8 Å². The van der Waals surface area contributed by atoms with Crippen LogP contribution in [0.5, 0.6) is 0 Å². The molecule has 2 aromatic rings. The third kappa shape index (κ3) is 1.78. The van der Waals surface area contributed by atoms with Crippen LogP contribution in [0, 0.1) is 23.2 Å². The van der Waals surface area contributed by atoms with Gasteiger partial charge in [0.1, 0.15) is 0 Å². The lowest BCUT2D eigenvalue weighted by molar-refractivity contribution is -0.150. The second kappa shape index (κ2) is 4.70. The van der Waals surface area contributed by atoms with Gasteiger partial charge < -0.3 is 4.74 Å². The summed E-state index contributed by atoms with van der Waals surface area (Å²) in [6.07, 6.45) is 7.77. The van der Waals surface area contributed by atoms with Gasteiger partial charge in [0.05, 0.1) is 12.0 Å². The molecule has 2 heteroatoms. The molecule has 1 saturated carbocycles. The Kier molecular flexibility index (Phi) is 2.73. The van der Waals surface area contributed by atoms with Crippen molar-refractivity contribution in [1.29, 1.82) is 0 Å². The van der Waals surface area contributed by atoms with Gasteiger partial charge in [-0.25, -0.2) is 0 Å². The molecule has 2 nitrogen and oxygen atoms in total. The number of hydrogen-bond acceptors (Lipinski definition) is 2. The first-order valence-corrected chi connectivity index (χ1v) is 8.60. The van der Waals surface area contributed by atoms with E-state index in [9.17, 15) is 4.79 Å². The number of ether oxygens (including phenoxy) is 1. The van der Waals surface area contributed by atoms with E-state index in [4.69, 9.17) is 4.74 Å². The van der Waals surface area contributed by atoms with E-state index in [1.54, 1.807) is 0 Å². The number of esters is 1. The van der Waals surface area contributed by atoms with Crippen LogP contribution in [0.15, 0.2) is 54.6 Å². The minimum atomic E-state index is -0.319. The molecule has 0 aromatic heterocycles. The summed E-state index contributed by atoms with van der Waals surface area (Å²) in [5.74, 6) is 1.27. The highest BCUT2D eigenvalue weighted by Gasteiger charge is 2.61. The van der Waals surface area contributed by atoms with Crippen LogP contribution in [0.25, 0.3) is 10.8 Å². The van der Waals surface area contributed by atoms with E-state index >= 15 is 0 Å². The fraction of sp³-hybridized carbons (Fsp3) is 0.381. The molecule has 0 radical (unpaired) electrons. The number of allylic oxidation sites excluding steroid dienone is 2. The molecule has 3 aliphatic carbocycles. The van der Waals surface area contributed by atoms with Crippen LogP contribution in [-0.4, -0.2) is 12.6 Å². The van der Waals surface area contributed by atoms with Crippen molar-refractivity contribution >= 4 is 16.7 Å². The summed E-state index contributed by atoms with van der Waals surface area (Å²) in [6, 6.07) is 15.0. The second-order valence-electron chi connectivity index (χ2n) is 7.34. The van der Waals surface area contributed by atoms with Crippen molar-refractivity contribution in [2.45, 2.75) is 19.3 Å². The van der Waals surface area contributed by atoms with E-state index in [1.807, 2.05) is 0 Å². The van der Waals surface area contributed by atoms with Crippen molar-refractivity contribution in [3.8, 4) is 0 Å². The van der Waals surface area contributed by atoms with Crippen molar-refractivity contribution < 1.29 is 9.53 Å². The van der Waals surface area contributed by atoms with Crippen LogP contribution < -0.4 is 0 Å². The number of benzene rings is 2. The third-order valence-electron chi connectivity index (χ3n) is 6.33. The Labute approximate surface area is 136 Å². The molecule has 0 spiro atoms. The van der Waals surface area contributed by atoms with Crippen LogP contribution in [0.3, 0.4) is 0 Å². The normalized spacial score (nSPS) is 34.6. The maximum absolute atomic E-state index is 12.7. The minimum Gasteiger partial charge on any atom is -0.465 e.